The number of benzene rings is 2. The first kappa shape index (κ1) is 23.0. The number of thiophene rings is 1. The van der Waals surface area contributed by atoms with Crippen LogP contribution in [0, 0.1) is 12.7 Å². The molecule has 9 heteroatoms. The third-order valence-electron chi connectivity index (χ3n) is 4.62. The predicted octanol–water partition coefficient (Wildman–Crippen LogP) is 4.42. The monoisotopic (exact) mass is 456 g/mol. The molecule has 0 saturated heterocycles. The second-order valence-electron chi connectivity index (χ2n) is 6.79. The Balaban J connectivity index is 1.82. The number of nitrogens with one attached hydrogen (secondary N) is 2. The van der Waals surface area contributed by atoms with E-state index in [0.717, 1.165) is 16.9 Å². The molecule has 2 aromatic carbocycles. The van der Waals surface area contributed by atoms with E-state index in [1.807, 2.05) is 0 Å². The number of halogens is 1. The molecule has 2 N–H and O–H groups in total. The van der Waals surface area contributed by atoms with Crippen molar-refractivity contribution in [2.24, 2.45) is 0 Å². The molecular formula is C23H21FN2O5S. The summed E-state index contributed by atoms with van der Waals surface area (Å²) in [6, 6.07) is 12.3. The molecule has 1 heterocycles. The summed E-state index contributed by atoms with van der Waals surface area (Å²) >= 11 is 0.966. The molecule has 0 spiro atoms. The lowest BCUT2D eigenvalue weighted by Crippen LogP contribution is -2.16. The maximum atomic E-state index is 13.1. The van der Waals surface area contributed by atoms with Crippen LogP contribution in [0.4, 0.5) is 15.1 Å². The quantitative estimate of drug-likeness (QED) is 0.513. The first-order valence-electron chi connectivity index (χ1n) is 9.53. The topological polar surface area (TPSA) is 93.7 Å². The predicted molar refractivity (Wildman–Crippen MR) is 120 cm³/mol. The molecule has 0 saturated carbocycles. The summed E-state index contributed by atoms with van der Waals surface area (Å²) in [5.41, 5.74) is 1.64. The van der Waals surface area contributed by atoms with Crippen molar-refractivity contribution in [3.63, 3.8) is 0 Å². The Kier molecular flexibility index (Phi) is 7.21. The lowest BCUT2D eigenvalue weighted by Gasteiger charge is -2.07. The van der Waals surface area contributed by atoms with Crippen molar-refractivity contribution in [1.82, 2.24) is 0 Å². The van der Waals surface area contributed by atoms with Gasteiger partial charge in [0.05, 0.1) is 31.1 Å². The summed E-state index contributed by atoms with van der Waals surface area (Å²) in [7, 11) is 2.78. The SMILES string of the molecule is COC(=O)c1c(NC(=O)Cc2ccc(OC)cc2)sc(C(=O)Nc2ccc(F)cc2)c1C. The standard InChI is InChI=1S/C23H21FN2O5S/c1-13-19(23(29)31-3)22(26-18(27)12-14-4-10-17(30-2)11-5-14)32-20(13)21(28)25-16-8-6-15(24)7-9-16/h4-11H,12H2,1-3H3,(H,25,28)(H,26,27). The van der Waals surface area contributed by atoms with Crippen LogP contribution in [0.25, 0.3) is 0 Å². The van der Waals surface area contributed by atoms with Crippen LogP contribution in [0.5, 0.6) is 5.75 Å². The van der Waals surface area contributed by atoms with Gasteiger partial charge in [0.25, 0.3) is 5.91 Å². The summed E-state index contributed by atoms with van der Waals surface area (Å²) in [5, 5.41) is 5.58. The fraction of sp³-hybridized carbons (Fsp3) is 0.174. The highest BCUT2D eigenvalue weighted by molar-refractivity contribution is 7.18. The van der Waals surface area contributed by atoms with Crippen LogP contribution in [-0.2, 0) is 16.0 Å². The smallest absolute Gasteiger partial charge is 0.341 e. The van der Waals surface area contributed by atoms with E-state index in [1.165, 1.54) is 31.4 Å². The van der Waals surface area contributed by atoms with Gasteiger partial charge in [-0.15, -0.1) is 11.3 Å². The minimum absolute atomic E-state index is 0.0681. The maximum Gasteiger partial charge on any atom is 0.341 e. The number of hydrogen-bond donors (Lipinski definition) is 2. The molecule has 0 aliphatic rings. The van der Waals surface area contributed by atoms with Gasteiger partial charge in [0.15, 0.2) is 0 Å². The van der Waals surface area contributed by atoms with Crippen molar-refractivity contribution in [3.8, 4) is 5.75 Å². The largest absolute Gasteiger partial charge is 0.497 e. The van der Waals surface area contributed by atoms with Gasteiger partial charge in [-0.1, -0.05) is 12.1 Å². The molecule has 3 rings (SSSR count). The van der Waals surface area contributed by atoms with Crippen molar-refractivity contribution in [2.45, 2.75) is 13.3 Å². The third-order valence-corrected chi connectivity index (χ3v) is 5.83. The average molecular weight is 456 g/mol. The molecule has 0 atom stereocenters. The Morgan fingerprint density at radius 3 is 2.22 bits per heavy atom. The molecule has 0 unspecified atom stereocenters. The Hall–Kier alpha value is -3.72. The molecule has 32 heavy (non-hydrogen) atoms. The molecule has 1 aromatic heterocycles. The Morgan fingerprint density at radius 1 is 0.969 bits per heavy atom. The van der Waals surface area contributed by atoms with E-state index in [9.17, 15) is 18.8 Å². The minimum atomic E-state index is -0.667. The number of amides is 2. The highest BCUT2D eigenvalue weighted by atomic mass is 32.1. The molecule has 0 bridgehead atoms. The van der Waals surface area contributed by atoms with Crippen LogP contribution in [0.15, 0.2) is 48.5 Å². The number of ether oxygens (including phenoxy) is 2. The number of carbonyl (C=O) groups excluding carboxylic acids is 3. The van der Waals surface area contributed by atoms with Gasteiger partial charge in [-0.2, -0.15) is 0 Å². The molecule has 0 aliphatic carbocycles. The number of rotatable bonds is 7. The number of hydrogen-bond acceptors (Lipinski definition) is 6. The summed E-state index contributed by atoms with van der Waals surface area (Å²) in [6.07, 6.45) is 0.0681. The van der Waals surface area contributed by atoms with E-state index < -0.39 is 17.7 Å². The lowest BCUT2D eigenvalue weighted by molar-refractivity contribution is -0.115. The molecule has 2 amide bonds. The van der Waals surface area contributed by atoms with Gasteiger partial charge in [0.2, 0.25) is 5.91 Å². The first-order chi connectivity index (χ1) is 15.3. The third kappa shape index (κ3) is 5.30. The van der Waals surface area contributed by atoms with Crippen molar-refractivity contribution in [2.75, 3.05) is 24.9 Å². The summed E-state index contributed by atoms with van der Waals surface area (Å²) < 4.78 is 23.0. The van der Waals surface area contributed by atoms with E-state index in [4.69, 9.17) is 9.47 Å². The lowest BCUT2D eigenvalue weighted by atomic mass is 10.1. The minimum Gasteiger partial charge on any atom is -0.497 e. The molecular weight excluding hydrogens is 435 g/mol. The molecule has 166 valence electrons. The summed E-state index contributed by atoms with van der Waals surface area (Å²) in [6.45, 7) is 1.60. The van der Waals surface area contributed by atoms with Crippen molar-refractivity contribution < 1.29 is 28.2 Å². The van der Waals surface area contributed by atoms with E-state index in [1.54, 1.807) is 38.3 Å². The fourth-order valence-electron chi connectivity index (χ4n) is 2.99. The van der Waals surface area contributed by atoms with Crippen LogP contribution in [0.3, 0.4) is 0 Å². The van der Waals surface area contributed by atoms with Crippen LogP contribution in [0.1, 0.15) is 31.2 Å². The van der Waals surface area contributed by atoms with Crippen molar-refractivity contribution >= 4 is 39.8 Å². The van der Waals surface area contributed by atoms with Crippen LogP contribution in [0.2, 0.25) is 0 Å². The van der Waals surface area contributed by atoms with Gasteiger partial charge in [0, 0.05) is 5.69 Å². The van der Waals surface area contributed by atoms with Crippen molar-refractivity contribution in [1.29, 1.82) is 0 Å². The Morgan fingerprint density at radius 2 is 1.62 bits per heavy atom. The molecule has 3 aromatic rings. The van der Waals surface area contributed by atoms with E-state index >= 15 is 0 Å². The fourth-order valence-corrected chi connectivity index (χ4v) is 4.09. The van der Waals surface area contributed by atoms with Crippen LogP contribution in [-0.4, -0.2) is 32.0 Å². The average Bonchev–Trinajstić information content (AvgIpc) is 3.11. The zero-order chi connectivity index (χ0) is 23.3. The number of anilines is 2. The Labute approximate surface area is 188 Å². The van der Waals surface area contributed by atoms with E-state index in [0.29, 0.717) is 17.0 Å². The summed E-state index contributed by atoms with van der Waals surface area (Å²) in [4.78, 5) is 37.9. The normalized spacial score (nSPS) is 10.4. The zero-order valence-electron chi connectivity index (χ0n) is 17.7. The second-order valence-corrected chi connectivity index (χ2v) is 7.81. The van der Waals surface area contributed by atoms with Gasteiger partial charge in [-0.05, 0) is 54.4 Å². The molecule has 0 fully saturated rings. The van der Waals surface area contributed by atoms with Crippen LogP contribution < -0.4 is 15.4 Å². The molecule has 0 aliphatic heterocycles. The first-order valence-corrected chi connectivity index (χ1v) is 10.4. The van der Waals surface area contributed by atoms with Crippen molar-refractivity contribution in [3.05, 3.63) is 75.9 Å². The molecule has 7 nitrogen and oxygen atoms in total. The number of esters is 1. The highest BCUT2D eigenvalue weighted by Gasteiger charge is 2.26. The highest BCUT2D eigenvalue weighted by Crippen LogP contribution is 2.34. The summed E-state index contributed by atoms with van der Waals surface area (Å²) in [5.74, 6) is -1.26. The van der Waals surface area contributed by atoms with Crippen LogP contribution >= 0.6 is 11.3 Å². The van der Waals surface area contributed by atoms with E-state index in [2.05, 4.69) is 10.6 Å². The van der Waals surface area contributed by atoms with Gasteiger partial charge in [0.1, 0.15) is 16.6 Å². The second kappa shape index (κ2) is 10.1. The number of methoxy groups -OCH3 is 2. The van der Waals surface area contributed by atoms with Gasteiger partial charge < -0.3 is 20.1 Å². The molecule has 0 radical (unpaired) electrons. The van der Waals surface area contributed by atoms with Gasteiger partial charge in [-0.3, -0.25) is 9.59 Å². The van der Waals surface area contributed by atoms with Gasteiger partial charge >= 0.3 is 5.97 Å². The Bertz CT molecular complexity index is 1140. The van der Waals surface area contributed by atoms with Gasteiger partial charge in [-0.25, -0.2) is 9.18 Å². The number of carbonyl (C=O) groups is 3. The van der Waals surface area contributed by atoms with E-state index in [-0.39, 0.29) is 27.8 Å². The maximum absolute atomic E-state index is 13.1. The zero-order valence-corrected chi connectivity index (χ0v) is 18.5.